The summed E-state index contributed by atoms with van der Waals surface area (Å²) in [5.41, 5.74) is 1.09. The zero-order chi connectivity index (χ0) is 15.7. The van der Waals surface area contributed by atoms with E-state index in [2.05, 4.69) is 19.2 Å². The van der Waals surface area contributed by atoms with Crippen LogP contribution in [0.2, 0.25) is 0 Å². The van der Waals surface area contributed by atoms with Gasteiger partial charge in [0.15, 0.2) is 6.61 Å². The van der Waals surface area contributed by atoms with E-state index in [1.807, 2.05) is 38.1 Å². The van der Waals surface area contributed by atoms with Crippen molar-refractivity contribution in [3.8, 4) is 5.75 Å². The lowest BCUT2D eigenvalue weighted by Gasteiger charge is -2.20. The summed E-state index contributed by atoms with van der Waals surface area (Å²) in [7, 11) is 0. The molecule has 0 bridgehead atoms. The number of benzene rings is 1. The average Bonchev–Trinajstić information content (AvgIpc) is 2.46. The summed E-state index contributed by atoms with van der Waals surface area (Å²) in [5.74, 6) is 0.406. The first-order valence-electron chi connectivity index (χ1n) is 7.73. The first-order valence-corrected chi connectivity index (χ1v) is 7.73. The van der Waals surface area contributed by atoms with Crippen LogP contribution in [0.1, 0.15) is 52.1 Å². The van der Waals surface area contributed by atoms with Gasteiger partial charge in [-0.2, -0.15) is 0 Å². The van der Waals surface area contributed by atoms with Crippen LogP contribution in [-0.2, 0) is 9.53 Å². The van der Waals surface area contributed by atoms with Crippen molar-refractivity contribution in [1.29, 1.82) is 0 Å². The zero-order valence-electron chi connectivity index (χ0n) is 13.5. The Morgan fingerprint density at radius 1 is 1.24 bits per heavy atom. The number of nitrogens with one attached hydrogen (secondary N) is 1. The number of ether oxygens (including phenoxy) is 2. The molecule has 4 heteroatoms. The molecule has 1 rings (SSSR count). The summed E-state index contributed by atoms with van der Waals surface area (Å²) in [6, 6.07) is 8.08. The van der Waals surface area contributed by atoms with E-state index in [4.69, 9.17) is 9.47 Å². The Kier molecular flexibility index (Phi) is 7.83. The lowest BCUT2D eigenvalue weighted by Crippen LogP contribution is -2.23. The van der Waals surface area contributed by atoms with Gasteiger partial charge in [-0.15, -0.1) is 0 Å². The van der Waals surface area contributed by atoms with Gasteiger partial charge in [-0.3, -0.25) is 0 Å². The molecule has 0 saturated carbocycles. The Labute approximate surface area is 127 Å². The number of carbonyl (C=O) groups is 1. The molecule has 0 saturated heterocycles. The molecule has 0 spiro atoms. The maximum Gasteiger partial charge on any atom is 0.344 e. The second-order valence-corrected chi connectivity index (χ2v) is 5.28. The minimum atomic E-state index is -0.339. The highest BCUT2D eigenvalue weighted by Crippen LogP contribution is 2.27. The van der Waals surface area contributed by atoms with Crippen molar-refractivity contribution in [2.75, 3.05) is 13.2 Å². The normalized spacial score (nSPS) is 12.2. The Morgan fingerprint density at radius 2 is 1.95 bits per heavy atom. The van der Waals surface area contributed by atoms with Crippen molar-refractivity contribution < 1.29 is 14.3 Å². The van der Waals surface area contributed by atoms with Crippen LogP contribution < -0.4 is 10.1 Å². The first-order chi connectivity index (χ1) is 10.1. The molecule has 118 valence electrons. The molecule has 0 aromatic heterocycles. The SMILES string of the molecule is CCCNC(CC)c1ccccc1OCC(=O)OC(C)C. The molecule has 21 heavy (non-hydrogen) atoms. The molecule has 0 fully saturated rings. The molecule has 0 amide bonds. The van der Waals surface area contributed by atoms with Crippen LogP contribution in [0.5, 0.6) is 5.75 Å². The maximum absolute atomic E-state index is 11.6. The van der Waals surface area contributed by atoms with E-state index < -0.39 is 0 Å². The van der Waals surface area contributed by atoms with Gasteiger partial charge in [0.1, 0.15) is 5.75 Å². The van der Waals surface area contributed by atoms with E-state index in [0.717, 1.165) is 30.7 Å². The highest BCUT2D eigenvalue weighted by Gasteiger charge is 2.15. The van der Waals surface area contributed by atoms with Gasteiger partial charge in [-0.05, 0) is 39.3 Å². The van der Waals surface area contributed by atoms with E-state index >= 15 is 0 Å². The molecule has 0 aliphatic rings. The molecule has 1 unspecified atom stereocenters. The lowest BCUT2D eigenvalue weighted by molar-refractivity contribution is -0.149. The summed E-state index contributed by atoms with van der Waals surface area (Å²) in [4.78, 5) is 11.6. The highest BCUT2D eigenvalue weighted by molar-refractivity contribution is 5.71. The second-order valence-electron chi connectivity index (χ2n) is 5.28. The fourth-order valence-corrected chi connectivity index (χ4v) is 2.13. The predicted molar refractivity (Wildman–Crippen MR) is 84.5 cm³/mol. The predicted octanol–water partition coefficient (Wildman–Crippen LogP) is 3.47. The van der Waals surface area contributed by atoms with E-state index in [9.17, 15) is 4.79 Å². The quantitative estimate of drug-likeness (QED) is 0.708. The summed E-state index contributed by atoms with van der Waals surface area (Å²) in [6.07, 6.45) is 1.93. The Morgan fingerprint density at radius 3 is 2.57 bits per heavy atom. The largest absolute Gasteiger partial charge is 0.482 e. The lowest BCUT2D eigenvalue weighted by atomic mass is 10.0. The third-order valence-corrected chi connectivity index (χ3v) is 3.06. The van der Waals surface area contributed by atoms with Crippen LogP contribution in [0, 0.1) is 0 Å². The number of hydrogen-bond acceptors (Lipinski definition) is 4. The molecular weight excluding hydrogens is 266 g/mol. The zero-order valence-corrected chi connectivity index (χ0v) is 13.5. The van der Waals surface area contributed by atoms with E-state index in [0.29, 0.717) is 0 Å². The number of carbonyl (C=O) groups excluding carboxylic acids is 1. The standard InChI is InChI=1S/C17H27NO3/c1-5-11-18-15(6-2)14-9-7-8-10-16(14)20-12-17(19)21-13(3)4/h7-10,13,15,18H,5-6,11-12H2,1-4H3. The molecule has 1 aromatic carbocycles. The number of rotatable bonds is 9. The minimum Gasteiger partial charge on any atom is -0.482 e. The molecule has 0 aliphatic carbocycles. The fourth-order valence-electron chi connectivity index (χ4n) is 2.13. The fraction of sp³-hybridized carbons (Fsp3) is 0.588. The molecule has 0 heterocycles. The topological polar surface area (TPSA) is 47.6 Å². The summed E-state index contributed by atoms with van der Waals surface area (Å²) >= 11 is 0. The Hall–Kier alpha value is -1.55. The smallest absolute Gasteiger partial charge is 0.344 e. The Bertz CT molecular complexity index is 432. The number of esters is 1. The van der Waals surface area contributed by atoms with E-state index in [1.54, 1.807) is 0 Å². The van der Waals surface area contributed by atoms with Gasteiger partial charge in [-0.1, -0.05) is 32.0 Å². The molecular formula is C17H27NO3. The maximum atomic E-state index is 11.6. The number of para-hydroxylation sites is 1. The second kappa shape index (κ2) is 9.40. The van der Waals surface area contributed by atoms with Crippen LogP contribution in [0.25, 0.3) is 0 Å². The van der Waals surface area contributed by atoms with Gasteiger partial charge in [-0.25, -0.2) is 4.79 Å². The van der Waals surface area contributed by atoms with Crippen molar-refractivity contribution >= 4 is 5.97 Å². The van der Waals surface area contributed by atoms with Crippen LogP contribution in [-0.4, -0.2) is 25.2 Å². The molecule has 0 aliphatic heterocycles. The van der Waals surface area contributed by atoms with Gasteiger partial charge < -0.3 is 14.8 Å². The van der Waals surface area contributed by atoms with Crippen molar-refractivity contribution in [2.24, 2.45) is 0 Å². The van der Waals surface area contributed by atoms with Crippen molar-refractivity contribution in [1.82, 2.24) is 5.32 Å². The van der Waals surface area contributed by atoms with Crippen LogP contribution in [0.4, 0.5) is 0 Å². The first kappa shape index (κ1) is 17.5. The van der Waals surface area contributed by atoms with Crippen molar-refractivity contribution in [2.45, 2.75) is 52.7 Å². The van der Waals surface area contributed by atoms with Crippen molar-refractivity contribution in [3.05, 3.63) is 29.8 Å². The molecule has 1 atom stereocenters. The summed E-state index contributed by atoms with van der Waals surface area (Å²) < 4.78 is 10.7. The van der Waals surface area contributed by atoms with Gasteiger partial charge in [0.25, 0.3) is 0 Å². The Balaban J connectivity index is 2.71. The molecule has 1 aromatic rings. The average molecular weight is 293 g/mol. The van der Waals surface area contributed by atoms with Crippen LogP contribution in [0.15, 0.2) is 24.3 Å². The highest BCUT2D eigenvalue weighted by atomic mass is 16.6. The van der Waals surface area contributed by atoms with Crippen LogP contribution >= 0.6 is 0 Å². The third kappa shape index (κ3) is 6.17. The van der Waals surface area contributed by atoms with E-state index in [1.165, 1.54) is 0 Å². The molecule has 4 nitrogen and oxygen atoms in total. The number of hydrogen-bond donors (Lipinski definition) is 1. The van der Waals surface area contributed by atoms with Gasteiger partial charge in [0.05, 0.1) is 6.10 Å². The monoisotopic (exact) mass is 293 g/mol. The third-order valence-electron chi connectivity index (χ3n) is 3.06. The van der Waals surface area contributed by atoms with E-state index in [-0.39, 0.29) is 24.7 Å². The summed E-state index contributed by atoms with van der Waals surface area (Å²) in [6.45, 7) is 8.84. The van der Waals surface area contributed by atoms with Gasteiger partial charge >= 0.3 is 5.97 Å². The van der Waals surface area contributed by atoms with Crippen LogP contribution in [0.3, 0.4) is 0 Å². The summed E-state index contributed by atoms with van der Waals surface area (Å²) in [5, 5.41) is 3.50. The molecule has 1 N–H and O–H groups in total. The minimum absolute atomic E-state index is 0.0561. The molecule has 0 radical (unpaired) electrons. The van der Waals surface area contributed by atoms with Gasteiger partial charge in [0.2, 0.25) is 0 Å². The van der Waals surface area contributed by atoms with Gasteiger partial charge in [0, 0.05) is 11.6 Å². The van der Waals surface area contributed by atoms with Crippen molar-refractivity contribution in [3.63, 3.8) is 0 Å².